The second-order valence-corrected chi connectivity index (χ2v) is 12.8. The van der Waals surface area contributed by atoms with E-state index >= 15 is 0 Å². The number of hydrogen-bond donors (Lipinski definition) is 0. The molecule has 7 rings (SSSR count). The van der Waals surface area contributed by atoms with E-state index in [0.29, 0.717) is 37.1 Å². The Morgan fingerprint density at radius 1 is 1.05 bits per heavy atom. The molecular weight excluding hydrogens is 524 g/mol. The van der Waals surface area contributed by atoms with E-state index in [9.17, 15) is 9.59 Å². The van der Waals surface area contributed by atoms with E-state index < -0.39 is 5.41 Å². The maximum Gasteiger partial charge on any atom is 0.238 e. The zero-order valence-electron chi connectivity index (χ0n) is 23.6. The van der Waals surface area contributed by atoms with Crippen LogP contribution < -0.4 is 4.90 Å². The number of piperidine rings is 1. The van der Waals surface area contributed by atoms with Gasteiger partial charge in [-0.15, -0.1) is 0 Å². The molecule has 0 bridgehead atoms. The Balaban J connectivity index is 1.27. The van der Waals surface area contributed by atoms with Gasteiger partial charge in [0.15, 0.2) is 5.15 Å². The summed E-state index contributed by atoms with van der Waals surface area (Å²) in [5, 5.41) is 0.438. The van der Waals surface area contributed by atoms with Crippen molar-refractivity contribution in [3.05, 3.63) is 41.3 Å². The summed E-state index contributed by atoms with van der Waals surface area (Å²) in [6.45, 7) is 9.41. The fourth-order valence-electron chi connectivity index (χ4n) is 7.53. The Bertz CT molecular complexity index is 1490. The normalized spacial score (nSPS) is 24.4. The number of nitrogens with zero attached hydrogens (tertiary/aromatic N) is 6. The third-order valence-electron chi connectivity index (χ3n) is 9.94. The molecule has 1 saturated carbocycles. The van der Waals surface area contributed by atoms with Crippen molar-refractivity contribution in [1.82, 2.24) is 24.3 Å². The number of hydrogen-bond acceptors (Lipinski definition) is 5. The van der Waals surface area contributed by atoms with E-state index in [0.717, 1.165) is 46.4 Å². The molecular formula is C31H37ClN6O2. The summed E-state index contributed by atoms with van der Waals surface area (Å²) in [5.41, 5.74) is 4.91. The number of halogens is 1. The zero-order chi connectivity index (χ0) is 27.8. The first-order valence-electron chi connectivity index (χ1n) is 14.8. The maximum absolute atomic E-state index is 14.4. The van der Waals surface area contributed by atoms with Crippen LogP contribution in [-0.2, 0) is 15.0 Å². The SMILES string of the molecule is CC(=O)N1CCC2(CC1)C(=O)N([C@H]1C[C@@H](N3CCCC3)C1)c1cc(-c3cc4ncn(C(C)C)c4c(Cl)n3)ccc12. The molecule has 3 fully saturated rings. The van der Waals surface area contributed by atoms with Crippen LogP contribution in [0.25, 0.3) is 22.3 Å². The third-order valence-corrected chi connectivity index (χ3v) is 10.2. The van der Waals surface area contributed by atoms with E-state index in [-0.39, 0.29) is 23.9 Å². The smallest absolute Gasteiger partial charge is 0.238 e. The largest absolute Gasteiger partial charge is 0.343 e. The van der Waals surface area contributed by atoms with E-state index in [4.69, 9.17) is 16.6 Å². The van der Waals surface area contributed by atoms with Crippen molar-refractivity contribution in [3.63, 3.8) is 0 Å². The molecule has 40 heavy (non-hydrogen) atoms. The van der Waals surface area contributed by atoms with Crippen molar-refractivity contribution in [3.8, 4) is 11.3 Å². The molecule has 1 aromatic carbocycles. The van der Waals surface area contributed by atoms with E-state index in [2.05, 4.69) is 46.8 Å². The summed E-state index contributed by atoms with van der Waals surface area (Å²) < 4.78 is 2.04. The van der Waals surface area contributed by atoms with Gasteiger partial charge in [-0.3, -0.25) is 9.59 Å². The summed E-state index contributed by atoms with van der Waals surface area (Å²) in [4.78, 5) is 42.4. The number of pyridine rings is 1. The van der Waals surface area contributed by atoms with Crippen molar-refractivity contribution in [2.45, 2.75) is 82.8 Å². The third kappa shape index (κ3) is 3.90. The summed E-state index contributed by atoms with van der Waals surface area (Å²) in [7, 11) is 0. The van der Waals surface area contributed by atoms with E-state index in [1.54, 1.807) is 6.92 Å². The summed E-state index contributed by atoms with van der Waals surface area (Å²) in [6.07, 6.45) is 7.75. The van der Waals surface area contributed by atoms with E-state index in [1.807, 2.05) is 21.9 Å². The van der Waals surface area contributed by atoms with Gasteiger partial charge in [-0.2, -0.15) is 0 Å². The molecule has 2 saturated heterocycles. The number of carbonyl (C=O) groups is 2. The first-order valence-corrected chi connectivity index (χ1v) is 15.2. The average Bonchev–Trinajstić information content (AvgIpc) is 3.64. The molecule has 0 radical (unpaired) electrons. The number of benzene rings is 1. The van der Waals surface area contributed by atoms with Crippen LogP contribution >= 0.6 is 11.6 Å². The second kappa shape index (κ2) is 9.55. The lowest BCUT2D eigenvalue weighted by atomic mass is 9.73. The van der Waals surface area contributed by atoms with Crippen molar-refractivity contribution >= 4 is 40.1 Å². The van der Waals surface area contributed by atoms with Crippen molar-refractivity contribution in [2.75, 3.05) is 31.1 Å². The van der Waals surface area contributed by atoms with Crippen LogP contribution in [0, 0.1) is 0 Å². The van der Waals surface area contributed by atoms with Gasteiger partial charge in [0.2, 0.25) is 11.8 Å². The van der Waals surface area contributed by atoms with Gasteiger partial charge in [0.25, 0.3) is 0 Å². The maximum atomic E-state index is 14.4. The lowest BCUT2D eigenvalue weighted by molar-refractivity contribution is -0.134. The molecule has 1 aliphatic carbocycles. The van der Waals surface area contributed by atoms with Crippen molar-refractivity contribution in [2.24, 2.45) is 0 Å². The van der Waals surface area contributed by atoms with Crippen LogP contribution in [0.4, 0.5) is 5.69 Å². The van der Waals surface area contributed by atoms with Crippen LogP contribution in [-0.4, -0.2) is 74.4 Å². The molecule has 9 heteroatoms. The number of anilines is 1. The van der Waals surface area contributed by atoms with Gasteiger partial charge in [-0.25, -0.2) is 9.97 Å². The highest BCUT2D eigenvalue weighted by Gasteiger charge is 2.55. The number of aromatic nitrogens is 3. The second-order valence-electron chi connectivity index (χ2n) is 12.4. The van der Waals surface area contributed by atoms with Gasteiger partial charge in [-0.1, -0.05) is 23.7 Å². The van der Waals surface area contributed by atoms with Gasteiger partial charge in [0, 0.05) is 49.4 Å². The minimum atomic E-state index is -0.566. The monoisotopic (exact) mass is 560 g/mol. The van der Waals surface area contributed by atoms with Gasteiger partial charge in [0.05, 0.1) is 23.0 Å². The molecule has 3 aliphatic heterocycles. The lowest BCUT2D eigenvalue weighted by Gasteiger charge is -2.46. The van der Waals surface area contributed by atoms with Gasteiger partial charge < -0.3 is 19.3 Å². The van der Waals surface area contributed by atoms with Crippen molar-refractivity contribution < 1.29 is 9.59 Å². The highest BCUT2D eigenvalue weighted by atomic mass is 35.5. The highest BCUT2D eigenvalue weighted by molar-refractivity contribution is 6.34. The number of likely N-dealkylation sites (tertiary alicyclic amines) is 2. The number of imidazole rings is 1. The molecule has 5 heterocycles. The van der Waals surface area contributed by atoms with Gasteiger partial charge in [0.1, 0.15) is 5.52 Å². The van der Waals surface area contributed by atoms with Crippen LogP contribution in [0.1, 0.15) is 70.9 Å². The van der Waals surface area contributed by atoms with Gasteiger partial charge >= 0.3 is 0 Å². The number of fused-ring (bicyclic) bond motifs is 3. The summed E-state index contributed by atoms with van der Waals surface area (Å²) in [6, 6.07) is 9.36. The Morgan fingerprint density at radius 2 is 1.77 bits per heavy atom. The minimum Gasteiger partial charge on any atom is -0.343 e. The topological polar surface area (TPSA) is 74.6 Å². The van der Waals surface area contributed by atoms with Crippen LogP contribution in [0.3, 0.4) is 0 Å². The summed E-state index contributed by atoms with van der Waals surface area (Å²) in [5.74, 6) is 0.295. The van der Waals surface area contributed by atoms with E-state index in [1.165, 1.54) is 25.9 Å². The first kappa shape index (κ1) is 26.0. The summed E-state index contributed by atoms with van der Waals surface area (Å²) >= 11 is 6.71. The molecule has 4 aliphatic rings. The lowest BCUT2D eigenvalue weighted by Crippen LogP contribution is -2.57. The zero-order valence-corrected chi connectivity index (χ0v) is 24.3. The standard InChI is InChI=1S/C31H37ClN6O2/c1-19(2)37-18-33-26-17-25(34-29(32)28(26)37)21-6-7-24-27(14-21)38(23-15-22(16-23)36-10-4-5-11-36)30(40)31(24)8-12-35(13-9-31)20(3)39/h6-7,14,17-19,22-23H,4-5,8-13,15-16H2,1-3H3/t22-,23+. The molecule has 0 unspecified atom stereocenters. The Labute approximate surface area is 240 Å². The molecule has 0 atom stereocenters. The number of amides is 2. The fraction of sp³-hybridized carbons (Fsp3) is 0.548. The highest BCUT2D eigenvalue weighted by Crippen LogP contribution is 2.52. The first-order chi connectivity index (χ1) is 19.3. The Kier molecular flexibility index (Phi) is 6.20. The molecule has 0 N–H and O–H groups in total. The predicted octanol–water partition coefficient (Wildman–Crippen LogP) is 5.19. The Morgan fingerprint density at radius 3 is 2.45 bits per heavy atom. The van der Waals surface area contributed by atoms with Gasteiger partial charge in [-0.05, 0) is 83.2 Å². The Hall–Kier alpha value is -2.97. The van der Waals surface area contributed by atoms with Crippen molar-refractivity contribution in [1.29, 1.82) is 0 Å². The quantitative estimate of drug-likeness (QED) is 0.411. The molecule has 210 valence electrons. The number of rotatable bonds is 4. The molecule has 1 spiro atoms. The predicted molar refractivity (Wildman–Crippen MR) is 157 cm³/mol. The molecule has 2 aromatic heterocycles. The fourth-order valence-corrected chi connectivity index (χ4v) is 7.81. The minimum absolute atomic E-state index is 0.0819. The van der Waals surface area contributed by atoms with Crippen LogP contribution in [0.15, 0.2) is 30.6 Å². The molecule has 8 nitrogen and oxygen atoms in total. The van der Waals surface area contributed by atoms with Crippen LogP contribution in [0.2, 0.25) is 5.15 Å². The van der Waals surface area contributed by atoms with Crippen LogP contribution in [0.5, 0.6) is 0 Å². The molecule has 3 aromatic rings. The average molecular weight is 561 g/mol. The number of carbonyl (C=O) groups excluding carboxylic acids is 2. The molecule has 2 amide bonds.